The molecule has 2 aliphatic heterocycles. The van der Waals surface area contributed by atoms with Crippen LogP contribution in [0, 0.1) is 0 Å². The van der Waals surface area contributed by atoms with Gasteiger partial charge < -0.3 is 65.1 Å². The first-order valence-electron chi connectivity index (χ1n) is 39.1. The average molecular weight is 1350 g/mol. The van der Waals surface area contributed by atoms with Gasteiger partial charge >= 0.3 is 0 Å². The van der Waals surface area contributed by atoms with Crippen molar-refractivity contribution < 1.29 is 64.6 Å². The molecule has 0 aliphatic carbocycles. The summed E-state index contributed by atoms with van der Waals surface area (Å²) in [5, 5.41) is 87.7. The summed E-state index contributed by atoms with van der Waals surface area (Å²) in [6.45, 7) is 2.71. The van der Waals surface area contributed by atoms with Crippen molar-refractivity contribution in [2.75, 3.05) is 19.8 Å². The second-order valence-corrected chi connectivity index (χ2v) is 27.1. The van der Waals surface area contributed by atoms with Crippen LogP contribution in [0.1, 0.15) is 309 Å². The minimum Gasteiger partial charge on any atom is -0.394 e. The summed E-state index contributed by atoms with van der Waals surface area (Å²) in [4.78, 5) is 13.4. The van der Waals surface area contributed by atoms with Crippen LogP contribution < -0.4 is 5.32 Å². The van der Waals surface area contributed by atoms with Crippen LogP contribution in [0.15, 0.2) is 109 Å². The Hall–Kier alpha value is -3.35. The first kappa shape index (κ1) is 88.7. The molecule has 2 saturated heterocycles. The van der Waals surface area contributed by atoms with Crippen LogP contribution in [0.2, 0.25) is 0 Å². The van der Waals surface area contributed by atoms with E-state index in [4.69, 9.17) is 18.9 Å². The van der Waals surface area contributed by atoms with Crippen molar-refractivity contribution in [2.24, 2.45) is 0 Å². The predicted molar refractivity (Wildman–Crippen MR) is 396 cm³/mol. The third-order valence-corrected chi connectivity index (χ3v) is 18.5. The average Bonchev–Trinajstić information content (AvgIpc) is 0.797. The molecule has 0 saturated carbocycles. The Balaban J connectivity index is 1.66. The maximum absolute atomic E-state index is 13.4. The van der Waals surface area contributed by atoms with E-state index in [0.29, 0.717) is 6.42 Å². The summed E-state index contributed by atoms with van der Waals surface area (Å²) < 4.78 is 22.9. The quantitative estimate of drug-likeness (QED) is 0.0204. The molecule has 2 heterocycles. The molecule has 1 amide bonds. The number of aliphatic hydroxyl groups is 8. The Morgan fingerprint density at radius 2 is 0.719 bits per heavy atom. The summed E-state index contributed by atoms with van der Waals surface area (Å²) in [7, 11) is 0. The lowest BCUT2D eigenvalue weighted by molar-refractivity contribution is -0.359. The maximum atomic E-state index is 13.4. The molecule has 96 heavy (non-hydrogen) atoms. The molecule has 0 radical (unpaired) electrons. The number of carbonyl (C=O) groups is 1. The molecule has 2 aliphatic rings. The van der Waals surface area contributed by atoms with Crippen LogP contribution in [0.4, 0.5) is 0 Å². The summed E-state index contributed by atoms with van der Waals surface area (Å²) in [5.74, 6) is -0.255. The third-order valence-electron chi connectivity index (χ3n) is 18.5. The minimum absolute atomic E-state index is 0.255. The number of hydrogen-bond donors (Lipinski definition) is 9. The van der Waals surface area contributed by atoms with Crippen molar-refractivity contribution in [3.63, 3.8) is 0 Å². The highest BCUT2D eigenvalue weighted by Gasteiger charge is 2.51. The highest BCUT2D eigenvalue weighted by Crippen LogP contribution is 2.30. The van der Waals surface area contributed by atoms with Crippen LogP contribution in [0.25, 0.3) is 0 Å². The van der Waals surface area contributed by atoms with Crippen LogP contribution in [-0.4, -0.2) is 140 Å². The number of hydrogen-bond acceptors (Lipinski definition) is 13. The van der Waals surface area contributed by atoms with Crippen LogP contribution >= 0.6 is 0 Å². The van der Waals surface area contributed by atoms with Gasteiger partial charge in [-0.1, -0.05) is 329 Å². The Labute approximate surface area is 585 Å². The Morgan fingerprint density at radius 1 is 0.385 bits per heavy atom. The molecule has 12 unspecified atom stereocenters. The van der Waals surface area contributed by atoms with Crippen molar-refractivity contribution in [3.8, 4) is 0 Å². The highest BCUT2D eigenvalue weighted by atomic mass is 16.7. The van der Waals surface area contributed by atoms with Crippen molar-refractivity contribution in [2.45, 2.75) is 383 Å². The van der Waals surface area contributed by atoms with E-state index in [9.17, 15) is 45.6 Å². The molecule has 0 aromatic rings. The fourth-order valence-electron chi connectivity index (χ4n) is 12.3. The first-order valence-corrected chi connectivity index (χ1v) is 39.1. The Kier molecular flexibility index (Phi) is 60.1. The molecular weight excluding hydrogens is 1210 g/mol. The van der Waals surface area contributed by atoms with Gasteiger partial charge in [0.15, 0.2) is 12.6 Å². The minimum atomic E-state index is -1.80. The number of ether oxygens (including phenoxy) is 4. The summed E-state index contributed by atoms with van der Waals surface area (Å²) in [5.41, 5.74) is 0. The summed E-state index contributed by atoms with van der Waals surface area (Å²) in [6, 6.07) is -0.933. The van der Waals surface area contributed by atoms with Crippen molar-refractivity contribution in [3.05, 3.63) is 109 Å². The zero-order chi connectivity index (χ0) is 69.4. The van der Waals surface area contributed by atoms with Gasteiger partial charge in [0.1, 0.15) is 48.8 Å². The molecule has 2 rings (SSSR count). The molecule has 0 bridgehead atoms. The molecule has 2 fully saturated rings. The van der Waals surface area contributed by atoms with Crippen molar-refractivity contribution >= 4 is 5.91 Å². The summed E-state index contributed by atoms with van der Waals surface area (Å²) in [6.07, 6.45) is 77.2. The largest absolute Gasteiger partial charge is 0.394 e. The van der Waals surface area contributed by atoms with Gasteiger partial charge in [-0.05, 0) is 83.5 Å². The van der Waals surface area contributed by atoms with Gasteiger partial charge in [-0.15, -0.1) is 0 Å². The zero-order valence-corrected chi connectivity index (χ0v) is 60.6. The number of rotatable bonds is 64. The second-order valence-electron chi connectivity index (χ2n) is 27.1. The number of unbranched alkanes of at least 4 members (excludes halogenated alkanes) is 35. The maximum Gasteiger partial charge on any atom is 0.220 e. The number of allylic oxidation sites excluding steroid dienone is 17. The normalized spacial score (nSPS) is 22.9. The standard InChI is InChI=1S/C82H143NO13/c1-3-5-7-9-11-13-15-17-19-21-23-25-27-29-31-33-35-37-39-41-43-45-47-49-51-53-55-57-59-61-63-65-71(86)70(69-93-81-79(92)77(90)80(73(68-85)95-81)96-82-78(91)76(89)75(88)72(67-84)94-82)83-74(87)66-64-62-60-58-56-54-52-50-48-46-44-42-40-38-36-34-32-30-28-26-24-22-20-18-16-14-12-10-8-6-4-2/h6,8,12,14,18,20,24,26,30,32,36,38,42,44,48,50,63,65,70-73,75-82,84-86,88-92H,3-5,7,9-11,13,15-17,19,21-23,25,27-29,31,33-35,37,39-41,43,45-47,49,51-62,64,66-69H2,1-2H3,(H,83,87)/b8-6-,14-12-,20-18-,26-24-,32-30-,38-36-,44-42-,50-48-,65-63+. The van der Waals surface area contributed by atoms with E-state index in [0.717, 1.165) is 109 Å². The number of nitrogens with one attached hydrogen (secondary N) is 1. The molecular formula is C82H143NO13. The second kappa shape index (κ2) is 65.0. The molecule has 0 spiro atoms. The highest BCUT2D eigenvalue weighted by molar-refractivity contribution is 5.76. The molecule has 14 heteroatoms. The van der Waals surface area contributed by atoms with Gasteiger partial charge in [0, 0.05) is 6.42 Å². The Bertz CT molecular complexity index is 2030. The smallest absolute Gasteiger partial charge is 0.220 e. The van der Waals surface area contributed by atoms with Gasteiger partial charge in [0.25, 0.3) is 0 Å². The lowest BCUT2D eigenvalue weighted by Crippen LogP contribution is -2.65. The monoisotopic (exact) mass is 1350 g/mol. The van der Waals surface area contributed by atoms with E-state index in [1.165, 1.54) is 173 Å². The van der Waals surface area contributed by atoms with Crippen LogP contribution in [-0.2, 0) is 23.7 Å². The van der Waals surface area contributed by atoms with Gasteiger partial charge in [0.05, 0.1) is 32.0 Å². The number of carbonyl (C=O) groups excluding carboxylic acids is 1. The number of aliphatic hydroxyl groups excluding tert-OH is 8. The van der Waals surface area contributed by atoms with Gasteiger partial charge in [0.2, 0.25) is 5.91 Å². The van der Waals surface area contributed by atoms with E-state index in [1.807, 2.05) is 6.08 Å². The van der Waals surface area contributed by atoms with Gasteiger partial charge in [-0.2, -0.15) is 0 Å². The fourth-order valence-corrected chi connectivity index (χ4v) is 12.3. The van der Waals surface area contributed by atoms with Gasteiger partial charge in [-0.3, -0.25) is 4.79 Å². The van der Waals surface area contributed by atoms with E-state index < -0.39 is 86.8 Å². The zero-order valence-electron chi connectivity index (χ0n) is 60.6. The molecule has 9 N–H and O–H groups in total. The van der Waals surface area contributed by atoms with Crippen molar-refractivity contribution in [1.82, 2.24) is 5.32 Å². The van der Waals surface area contributed by atoms with Crippen LogP contribution in [0.3, 0.4) is 0 Å². The summed E-state index contributed by atoms with van der Waals surface area (Å²) >= 11 is 0. The topological polar surface area (TPSA) is 228 Å². The lowest BCUT2D eigenvalue weighted by atomic mass is 9.97. The fraction of sp³-hybridized carbons (Fsp3) is 0.768. The van der Waals surface area contributed by atoms with E-state index in [2.05, 4.69) is 116 Å². The predicted octanol–water partition coefficient (Wildman–Crippen LogP) is 17.5. The lowest BCUT2D eigenvalue weighted by Gasteiger charge is -2.46. The molecule has 0 aromatic heterocycles. The molecule has 14 nitrogen and oxygen atoms in total. The SMILES string of the molecule is CC/C=C\C/C=C\C/C=C\C/C=C\C/C=C\C/C=C\C/C=C\C/C=C\CCCCCCCCC(=O)NC(COC1OC(CO)C(OC2OC(CO)C(O)C(O)C2O)C(O)C1O)C(O)/C=C/CCCCCCCCCCCCCCCCCCCCCCCCCCCCCCC. The number of amides is 1. The van der Waals surface area contributed by atoms with E-state index >= 15 is 0 Å². The Morgan fingerprint density at radius 3 is 1.10 bits per heavy atom. The van der Waals surface area contributed by atoms with Crippen molar-refractivity contribution in [1.29, 1.82) is 0 Å². The van der Waals surface area contributed by atoms with Crippen LogP contribution in [0.5, 0.6) is 0 Å². The van der Waals surface area contributed by atoms with Gasteiger partial charge in [-0.25, -0.2) is 0 Å². The first-order chi connectivity index (χ1) is 47.1. The molecule has 12 atom stereocenters. The van der Waals surface area contributed by atoms with E-state index in [-0.39, 0.29) is 18.9 Å². The molecule has 0 aromatic carbocycles. The van der Waals surface area contributed by atoms with E-state index in [1.54, 1.807) is 6.08 Å². The molecule has 554 valence electrons. The third kappa shape index (κ3) is 47.7.